The molecule has 0 aliphatic carbocycles. The molecule has 3 aromatic heterocycles. The minimum Gasteiger partial charge on any atom is -0.382 e. The summed E-state index contributed by atoms with van der Waals surface area (Å²) >= 11 is 0. The Morgan fingerprint density at radius 1 is 0.946 bits per heavy atom. The summed E-state index contributed by atoms with van der Waals surface area (Å²) in [5.74, 6) is -0.778. The van der Waals surface area contributed by atoms with Gasteiger partial charge in [-0.05, 0) is 47.9 Å². The van der Waals surface area contributed by atoms with Crippen molar-refractivity contribution in [1.29, 1.82) is 5.26 Å². The fraction of sp³-hybridized carbons (Fsp3) is 0.0714. The molecule has 0 aliphatic rings. The summed E-state index contributed by atoms with van der Waals surface area (Å²) in [5.41, 5.74) is 8.66. The number of nitrogens with one attached hydrogen (secondary N) is 1. The van der Waals surface area contributed by atoms with Crippen LogP contribution in [-0.2, 0) is 0 Å². The van der Waals surface area contributed by atoms with Crippen molar-refractivity contribution in [3.8, 4) is 28.3 Å². The standard InChI is InChI=1S/C28H20F2N6O/c1-16(35-27-21(13-31)26(32)33-15-34-27)23-24(18-7-9-19(29)10-8-18)22-12-11-20(30)14-36(22)28(37)25(23)17-5-3-2-4-6-17/h2-12,14-16H,1H3,(H3,32,33,34,35)/t16-/m0/s1. The van der Waals surface area contributed by atoms with Crippen molar-refractivity contribution in [1.82, 2.24) is 14.4 Å². The molecule has 182 valence electrons. The number of nitrogens with zero attached hydrogens (tertiary/aromatic N) is 4. The number of pyridine rings is 2. The zero-order valence-corrected chi connectivity index (χ0v) is 19.6. The minimum absolute atomic E-state index is 0.0169. The number of anilines is 2. The molecule has 0 aliphatic heterocycles. The number of nitrogens with two attached hydrogens (primary N) is 1. The number of nitrogen functional groups attached to an aromatic ring is 1. The van der Waals surface area contributed by atoms with Gasteiger partial charge in [0.05, 0.1) is 17.1 Å². The first kappa shape index (κ1) is 23.6. The first-order valence-electron chi connectivity index (χ1n) is 11.3. The molecule has 0 saturated carbocycles. The van der Waals surface area contributed by atoms with Gasteiger partial charge < -0.3 is 11.1 Å². The predicted molar refractivity (Wildman–Crippen MR) is 138 cm³/mol. The monoisotopic (exact) mass is 494 g/mol. The normalized spacial score (nSPS) is 11.7. The smallest absolute Gasteiger partial charge is 0.263 e. The van der Waals surface area contributed by atoms with Crippen LogP contribution in [0.4, 0.5) is 20.4 Å². The van der Waals surface area contributed by atoms with Crippen molar-refractivity contribution in [2.45, 2.75) is 13.0 Å². The Kier molecular flexibility index (Phi) is 6.07. The quantitative estimate of drug-likeness (QED) is 0.342. The molecule has 0 spiro atoms. The number of halogens is 2. The van der Waals surface area contributed by atoms with Crippen LogP contribution in [0.15, 0.2) is 84.0 Å². The summed E-state index contributed by atoms with van der Waals surface area (Å²) in [6, 6.07) is 19.0. The Morgan fingerprint density at radius 2 is 1.62 bits per heavy atom. The molecule has 0 saturated heterocycles. The van der Waals surface area contributed by atoms with Crippen LogP contribution >= 0.6 is 0 Å². The molecule has 0 amide bonds. The highest BCUT2D eigenvalue weighted by atomic mass is 19.1. The van der Waals surface area contributed by atoms with E-state index in [0.717, 1.165) is 6.20 Å². The molecule has 5 rings (SSSR count). The highest BCUT2D eigenvalue weighted by molar-refractivity contribution is 5.89. The van der Waals surface area contributed by atoms with Gasteiger partial charge in [-0.1, -0.05) is 42.5 Å². The van der Waals surface area contributed by atoms with Gasteiger partial charge in [0, 0.05) is 11.8 Å². The highest BCUT2D eigenvalue weighted by Crippen LogP contribution is 2.39. The summed E-state index contributed by atoms with van der Waals surface area (Å²) < 4.78 is 29.5. The lowest BCUT2D eigenvalue weighted by molar-refractivity contribution is 0.618. The van der Waals surface area contributed by atoms with Gasteiger partial charge in [0.2, 0.25) is 0 Å². The molecule has 0 fully saturated rings. The number of nitriles is 1. The molecule has 3 heterocycles. The van der Waals surface area contributed by atoms with Crippen molar-refractivity contribution in [2.75, 3.05) is 11.1 Å². The van der Waals surface area contributed by atoms with Gasteiger partial charge in [-0.3, -0.25) is 9.20 Å². The lowest BCUT2D eigenvalue weighted by Gasteiger charge is -2.24. The van der Waals surface area contributed by atoms with E-state index < -0.39 is 23.2 Å². The molecule has 7 nitrogen and oxygen atoms in total. The molecule has 9 heteroatoms. The summed E-state index contributed by atoms with van der Waals surface area (Å²) in [4.78, 5) is 21.9. The average Bonchev–Trinajstić information content (AvgIpc) is 2.90. The van der Waals surface area contributed by atoms with Gasteiger partial charge in [-0.2, -0.15) is 5.26 Å². The van der Waals surface area contributed by atoms with Crippen LogP contribution in [0.2, 0.25) is 0 Å². The number of benzene rings is 2. The maximum Gasteiger partial charge on any atom is 0.263 e. The van der Waals surface area contributed by atoms with Crippen LogP contribution in [0.1, 0.15) is 24.1 Å². The molecule has 5 aromatic rings. The maximum atomic E-state index is 14.3. The van der Waals surface area contributed by atoms with Crippen LogP contribution in [0, 0.1) is 23.0 Å². The van der Waals surface area contributed by atoms with Crippen LogP contribution in [-0.4, -0.2) is 14.4 Å². The second-order valence-electron chi connectivity index (χ2n) is 8.40. The Balaban J connectivity index is 1.88. The first-order chi connectivity index (χ1) is 17.9. The van der Waals surface area contributed by atoms with Gasteiger partial charge in [-0.25, -0.2) is 18.7 Å². The Labute approximate surface area is 210 Å². The third kappa shape index (κ3) is 4.25. The lowest BCUT2D eigenvalue weighted by Crippen LogP contribution is -2.23. The van der Waals surface area contributed by atoms with E-state index >= 15 is 0 Å². The number of hydrogen-bond acceptors (Lipinski definition) is 6. The largest absolute Gasteiger partial charge is 0.382 e. The third-order valence-electron chi connectivity index (χ3n) is 6.11. The Morgan fingerprint density at radius 3 is 2.32 bits per heavy atom. The van der Waals surface area contributed by atoms with E-state index in [2.05, 4.69) is 15.3 Å². The molecule has 3 N–H and O–H groups in total. The van der Waals surface area contributed by atoms with E-state index in [4.69, 9.17) is 5.73 Å². The number of hydrogen-bond donors (Lipinski definition) is 2. The second kappa shape index (κ2) is 9.51. The maximum absolute atomic E-state index is 14.3. The van der Waals surface area contributed by atoms with E-state index in [1.807, 2.05) is 19.1 Å². The zero-order valence-electron chi connectivity index (χ0n) is 19.6. The van der Waals surface area contributed by atoms with Gasteiger partial charge in [0.1, 0.15) is 41.2 Å². The third-order valence-corrected chi connectivity index (χ3v) is 6.11. The molecule has 0 bridgehead atoms. The van der Waals surface area contributed by atoms with Crippen LogP contribution in [0.5, 0.6) is 0 Å². The summed E-state index contributed by atoms with van der Waals surface area (Å²) in [6.45, 7) is 1.81. The van der Waals surface area contributed by atoms with Crippen molar-refractivity contribution in [3.63, 3.8) is 0 Å². The summed E-state index contributed by atoms with van der Waals surface area (Å²) in [5, 5.41) is 12.8. The molecule has 0 radical (unpaired) electrons. The molecule has 1 atom stereocenters. The highest BCUT2D eigenvalue weighted by Gasteiger charge is 2.26. The van der Waals surface area contributed by atoms with Gasteiger partial charge in [-0.15, -0.1) is 0 Å². The predicted octanol–water partition coefficient (Wildman–Crippen LogP) is 5.33. The first-order valence-corrected chi connectivity index (χ1v) is 11.3. The van der Waals surface area contributed by atoms with Crippen LogP contribution in [0.25, 0.3) is 27.8 Å². The van der Waals surface area contributed by atoms with E-state index in [9.17, 15) is 18.8 Å². The van der Waals surface area contributed by atoms with E-state index in [1.165, 1.54) is 35.0 Å². The van der Waals surface area contributed by atoms with Gasteiger partial charge in [0.25, 0.3) is 5.56 Å². The fourth-order valence-corrected chi connectivity index (χ4v) is 4.48. The molecular weight excluding hydrogens is 474 g/mol. The SMILES string of the molecule is C[C@H](Nc1ncnc(N)c1C#N)c1c(-c2ccccc2)c(=O)n2cc(F)ccc2c1-c1ccc(F)cc1. The van der Waals surface area contributed by atoms with Crippen molar-refractivity contribution >= 4 is 17.2 Å². The topological polar surface area (TPSA) is 109 Å². The zero-order chi connectivity index (χ0) is 26.1. The van der Waals surface area contributed by atoms with Gasteiger partial charge in [0.15, 0.2) is 0 Å². The number of aromatic nitrogens is 3. The number of fused-ring (bicyclic) bond motifs is 1. The number of rotatable bonds is 5. The molecule has 2 aromatic carbocycles. The Bertz CT molecular complexity index is 1730. The van der Waals surface area contributed by atoms with Crippen LogP contribution in [0.3, 0.4) is 0 Å². The molecule has 37 heavy (non-hydrogen) atoms. The van der Waals surface area contributed by atoms with Gasteiger partial charge >= 0.3 is 0 Å². The van der Waals surface area contributed by atoms with Crippen LogP contribution < -0.4 is 16.6 Å². The lowest BCUT2D eigenvalue weighted by atomic mass is 9.88. The minimum atomic E-state index is -0.598. The van der Waals surface area contributed by atoms with Crippen molar-refractivity contribution in [3.05, 3.63) is 112 Å². The van der Waals surface area contributed by atoms with Crippen molar-refractivity contribution < 1.29 is 8.78 Å². The second-order valence-corrected chi connectivity index (χ2v) is 8.40. The molecular formula is C28H20F2N6O. The summed E-state index contributed by atoms with van der Waals surface area (Å²) in [6.07, 6.45) is 2.38. The fourth-order valence-electron chi connectivity index (χ4n) is 4.48. The van der Waals surface area contributed by atoms with E-state index in [-0.39, 0.29) is 17.2 Å². The van der Waals surface area contributed by atoms with E-state index in [1.54, 1.807) is 36.4 Å². The van der Waals surface area contributed by atoms with Crippen molar-refractivity contribution in [2.24, 2.45) is 0 Å². The average molecular weight is 495 g/mol. The Hall–Kier alpha value is -5.10. The molecule has 0 unspecified atom stereocenters. The van der Waals surface area contributed by atoms with E-state index in [0.29, 0.717) is 33.3 Å². The summed E-state index contributed by atoms with van der Waals surface area (Å²) in [7, 11) is 0.